The summed E-state index contributed by atoms with van der Waals surface area (Å²) in [5, 5.41) is 8.15. The standard InChI is InChI=1S/C18H18N2O4S2/c1-14-7-9-15(10-8-14)23-13-17-19-20-18(24-17)25-11-12-26(21,22)16-5-3-2-4-6-16/h2-10H,11-13H2,1H3. The summed E-state index contributed by atoms with van der Waals surface area (Å²) < 4.78 is 35.5. The second-order valence-corrected chi connectivity index (χ2v) is 8.70. The fourth-order valence-corrected chi connectivity index (χ4v) is 4.57. The average Bonchev–Trinajstić information content (AvgIpc) is 3.10. The molecule has 0 spiro atoms. The van der Waals surface area contributed by atoms with E-state index in [-0.39, 0.29) is 12.4 Å². The van der Waals surface area contributed by atoms with Crippen LogP contribution in [-0.2, 0) is 16.4 Å². The minimum atomic E-state index is -3.31. The van der Waals surface area contributed by atoms with Crippen molar-refractivity contribution in [2.75, 3.05) is 11.5 Å². The van der Waals surface area contributed by atoms with Gasteiger partial charge in [-0.25, -0.2) is 8.42 Å². The topological polar surface area (TPSA) is 82.3 Å². The molecule has 3 rings (SSSR count). The molecule has 3 aromatic rings. The first-order chi connectivity index (χ1) is 12.5. The van der Waals surface area contributed by atoms with E-state index in [2.05, 4.69) is 10.2 Å². The van der Waals surface area contributed by atoms with Gasteiger partial charge >= 0.3 is 0 Å². The fraction of sp³-hybridized carbons (Fsp3) is 0.222. The fourth-order valence-electron chi connectivity index (χ4n) is 2.12. The summed E-state index contributed by atoms with van der Waals surface area (Å²) in [6.45, 7) is 2.17. The molecule has 0 saturated heterocycles. The van der Waals surface area contributed by atoms with Gasteiger partial charge in [0.25, 0.3) is 11.1 Å². The van der Waals surface area contributed by atoms with Crippen molar-refractivity contribution in [3.8, 4) is 5.75 Å². The lowest BCUT2D eigenvalue weighted by atomic mass is 10.2. The van der Waals surface area contributed by atoms with Crippen LogP contribution in [-0.4, -0.2) is 30.1 Å². The third kappa shape index (κ3) is 5.09. The molecule has 1 aromatic heterocycles. The molecule has 0 radical (unpaired) electrons. The summed E-state index contributed by atoms with van der Waals surface area (Å²) in [4.78, 5) is 0.318. The largest absolute Gasteiger partial charge is 0.484 e. The molecular formula is C18H18N2O4S2. The molecule has 0 aliphatic heterocycles. The van der Waals surface area contributed by atoms with Crippen LogP contribution in [0.4, 0.5) is 0 Å². The van der Waals surface area contributed by atoms with Crippen molar-refractivity contribution in [2.45, 2.75) is 23.6 Å². The molecule has 0 unspecified atom stereocenters. The van der Waals surface area contributed by atoms with Crippen molar-refractivity contribution in [2.24, 2.45) is 0 Å². The van der Waals surface area contributed by atoms with Crippen molar-refractivity contribution in [1.82, 2.24) is 10.2 Å². The van der Waals surface area contributed by atoms with Crippen LogP contribution in [0.2, 0.25) is 0 Å². The number of aromatic nitrogens is 2. The van der Waals surface area contributed by atoms with Gasteiger partial charge in [-0.1, -0.05) is 47.7 Å². The van der Waals surface area contributed by atoms with Crippen LogP contribution in [0.3, 0.4) is 0 Å². The van der Waals surface area contributed by atoms with Crippen molar-refractivity contribution >= 4 is 21.6 Å². The monoisotopic (exact) mass is 390 g/mol. The van der Waals surface area contributed by atoms with Gasteiger partial charge in [0.1, 0.15) is 5.75 Å². The summed E-state index contributed by atoms with van der Waals surface area (Å²) >= 11 is 1.21. The van der Waals surface area contributed by atoms with Crippen molar-refractivity contribution in [3.63, 3.8) is 0 Å². The van der Waals surface area contributed by atoms with Gasteiger partial charge in [-0.15, -0.1) is 10.2 Å². The maximum atomic E-state index is 12.2. The third-order valence-electron chi connectivity index (χ3n) is 3.51. The summed E-state index contributed by atoms with van der Waals surface area (Å²) in [6.07, 6.45) is 0. The van der Waals surface area contributed by atoms with Crippen molar-refractivity contribution in [3.05, 3.63) is 66.1 Å². The zero-order valence-corrected chi connectivity index (χ0v) is 15.8. The highest BCUT2D eigenvalue weighted by Crippen LogP contribution is 2.20. The highest BCUT2D eigenvalue weighted by molar-refractivity contribution is 8.00. The first-order valence-electron chi connectivity index (χ1n) is 7.95. The van der Waals surface area contributed by atoms with Gasteiger partial charge in [0.15, 0.2) is 16.4 Å². The van der Waals surface area contributed by atoms with Crippen LogP contribution < -0.4 is 4.74 Å². The van der Waals surface area contributed by atoms with E-state index in [1.807, 2.05) is 31.2 Å². The minimum absolute atomic E-state index is 0.000734. The summed E-state index contributed by atoms with van der Waals surface area (Å²) in [6, 6.07) is 16.0. The number of nitrogens with zero attached hydrogens (tertiary/aromatic N) is 2. The molecule has 2 aromatic carbocycles. The summed E-state index contributed by atoms with van der Waals surface area (Å²) in [5.41, 5.74) is 1.15. The first-order valence-corrected chi connectivity index (χ1v) is 10.6. The highest BCUT2D eigenvalue weighted by atomic mass is 32.2. The molecule has 136 valence electrons. The van der Waals surface area contributed by atoms with Crippen LogP contribution in [0.25, 0.3) is 0 Å². The Hall–Kier alpha value is -2.32. The number of ether oxygens (including phenoxy) is 1. The number of benzene rings is 2. The Kier molecular flexibility index (Phi) is 5.95. The SMILES string of the molecule is Cc1ccc(OCc2nnc(SCCS(=O)(=O)c3ccccc3)o2)cc1. The molecule has 0 aliphatic rings. The zero-order chi connectivity index (χ0) is 18.4. The number of hydrogen-bond acceptors (Lipinski definition) is 7. The van der Waals surface area contributed by atoms with Gasteiger partial charge in [0.05, 0.1) is 10.6 Å². The third-order valence-corrected chi connectivity index (χ3v) is 6.32. The van der Waals surface area contributed by atoms with Gasteiger partial charge in [-0.05, 0) is 31.2 Å². The molecule has 8 heteroatoms. The Morgan fingerprint density at radius 3 is 2.50 bits per heavy atom. The number of rotatable bonds is 8. The number of hydrogen-bond donors (Lipinski definition) is 0. The predicted octanol–water partition coefficient (Wildman–Crippen LogP) is 3.52. The van der Waals surface area contributed by atoms with Gasteiger partial charge in [-0.3, -0.25) is 0 Å². The lowest BCUT2D eigenvalue weighted by Crippen LogP contribution is -2.08. The van der Waals surface area contributed by atoms with E-state index in [9.17, 15) is 8.42 Å². The maximum Gasteiger partial charge on any atom is 0.276 e. The molecular weight excluding hydrogens is 372 g/mol. The summed E-state index contributed by atoms with van der Waals surface area (Å²) in [7, 11) is -3.31. The normalized spacial score (nSPS) is 11.4. The van der Waals surface area contributed by atoms with Crippen LogP contribution in [0, 0.1) is 6.92 Å². The molecule has 0 atom stereocenters. The zero-order valence-electron chi connectivity index (χ0n) is 14.2. The van der Waals surface area contributed by atoms with Crippen LogP contribution >= 0.6 is 11.8 Å². The molecule has 0 fully saturated rings. The number of sulfone groups is 1. The Morgan fingerprint density at radius 1 is 1.04 bits per heavy atom. The second kappa shape index (κ2) is 8.37. The van der Waals surface area contributed by atoms with E-state index in [1.165, 1.54) is 11.8 Å². The molecule has 0 saturated carbocycles. The second-order valence-electron chi connectivity index (χ2n) is 5.54. The molecule has 0 aliphatic carbocycles. The van der Waals surface area contributed by atoms with Gasteiger partial charge < -0.3 is 9.15 Å². The van der Waals surface area contributed by atoms with E-state index in [1.54, 1.807) is 30.3 Å². The Bertz CT molecular complexity index is 939. The van der Waals surface area contributed by atoms with Gasteiger partial charge in [0.2, 0.25) is 0 Å². The van der Waals surface area contributed by atoms with Crippen LogP contribution in [0.1, 0.15) is 11.5 Å². The molecule has 0 N–H and O–H groups in total. The first kappa shape index (κ1) is 18.5. The minimum Gasteiger partial charge on any atom is -0.484 e. The number of aryl methyl sites for hydroxylation is 1. The maximum absolute atomic E-state index is 12.2. The molecule has 0 bridgehead atoms. The molecule has 26 heavy (non-hydrogen) atoms. The lowest BCUT2D eigenvalue weighted by molar-refractivity contribution is 0.252. The Balaban J connectivity index is 1.48. The van der Waals surface area contributed by atoms with Crippen molar-refractivity contribution in [1.29, 1.82) is 0 Å². The lowest BCUT2D eigenvalue weighted by Gasteiger charge is -2.03. The smallest absolute Gasteiger partial charge is 0.276 e. The van der Waals surface area contributed by atoms with E-state index < -0.39 is 9.84 Å². The summed E-state index contributed by atoms with van der Waals surface area (Å²) in [5.74, 6) is 1.40. The van der Waals surface area contributed by atoms with Gasteiger partial charge in [-0.2, -0.15) is 0 Å². The van der Waals surface area contributed by atoms with Crippen LogP contribution in [0.5, 0.6) is 5.75 Å². The van der Waals surface area contributed by atoms with Crippen molar-refractivity contribution < 1.29 is 17.6 Å². The Labute approximate surface area is 156 Å². The molecule has 1 heterocycles. The van der Waals surface area contributed by atoms with E-state index >= 15 is 0 Å². The molecule has 6 nitrogen and oxygen atoms in total. The van der Waals surface area contributed by atoms with Gasteiger partial charge in [0, 0.05) is 5.75 Å². The predicted molar refractivity (Wildman–Crippen MR) is 99.0 cm³/mol. The highest BCUT2D eigenvalue weighted by Gasteiger charge is 2.15. The number of thioether (sulfide) groups is 1. The van der Waals surface area contributed by atoms with E-state index in [0.29, 0.717) is 21.8 Å². The quantitative estimate of drug-likeness (QED) is 0.544. The van der Waals surface area contributed by atoms with E-state index in [4.69, 9.17) is 9.15 Å². The average molecular weight is 390 g/mol. The Morgan fingerprint density at radius 2 is 1.77 bits per heavy atom. The van der Waals surface area contributed by atoms with E-state index in [0.717, 1.165) is 11.3 Å². The molecule has 0 amide bonds. The van der Waals surface area contributed by atoms with Crippen LogP contribution in [0.15, 0.2) is 69.1 Å².